The van der Waals surface area contributed by atoms with Crippen molar-refractivity contribution in [2.45, 2.75) is 32.2 Å². The van der Waals surface area contributed by atoms with Crippen molar-refractivity contribution in [3.05, 3.63) is 27.7 Å². The lowest BCUT2D eigenvalue weighted by molar-refractivity contribution is -0.147. The fourth-order valence-corrected chi connectivity index (χ4v) is 2.53. The number of carbonyl (C=O) groups is 2. The summed E-state index contributed by atoms with van der Waals surface area (Å²) in [6, 6.07) is 5.01. The van der Waals surface area contributed by atoms with Crippen LogP contribution in [-0.4, -0.2) is 29.1 Å². The fourth-order valence-electron chi connectivity index (χ4n) is 1.80. The Morgan fingerprint density at radius 1 is 1.48 bits per heavy atom. The first-order chi connectivity index (χ1) is 9.78. The molecule has 1 atom stereocenters. The van der Waals surface area contributed by atoms with Crippen LogP contribution in [0.15, 0.2) is 22.7 Å². The summed E-state index contributed by atoms with van der Waals surface area (Å²) in [4.78, 5) is 23.1. The van der Waals surface area contributed by atoms with E-state index in [9.17, 15) is 14.7 Å². The highest BCUT2D eigenvalue weighted by molar-refractivity contribution is 9.10. The number of rotatable bonds is 7. The van der Waals surface area contributed by atoms with Gasteiger partial charge in [-0.2, -0.15) is 0 Å². The maximum absolute atomic E-state index is 11.8. The highest BCUT2D eigenvalue weighted by Gasteiger charge is 2.33. The molecule has 0 aliphatic carbocycles. The average Bonchev–Trinajstić information content (AvgIpc) is 2.37. The minimum atomic E-state index is -1.29. The second kappa shape index (κ2) is 7.66. The summed E-state index contributed by atoms with van der Waals surface area (Å²) in [5, 5.41) is 12.0. The van der Waals surface area contributed by atoms with E-state index in [1.54, 1.807) is 18.2 Å². The molecule has 1 aromatic rings. The Morgan fingerprint density at radius 2 is 2.14 bits per heavy atom. The van der Waals surface area contributed by atoms with Gasteiger partial charge in [-0.05, 0) is 31.5 Å². The number of benzene rings is 1. The number of aliphatic carboxylic acids is 1. The van der Waals surface area contributed by atoms with Gasteiger partial charge in [0.1, 0.15) is 11.3 Å². The molecule has 1 unspecified atom stereocenters. The van der Waals surface area contributed by atoms with Gasteiger partial charge < -0.3 is 15.2 Å². The smallest absolute Gasteiger partial charge is 0.329 e. The molecule has 1 aromatic carbocycles. The summed E-state index contributed by atoms with van der Waals surface area (Å²) in [7, 11) is 0. The third-order valence-corrected chi connectivity index (χ3v) is 3.68. The number of hydrogen-bond donors (Lipinski definition) is 2. The first-order valence-electron chi connectivity index (χ1n) is 6.40. The van der Waals surface area contributed by atoms with E-state index in [2.05, 4.69) is 21.2 Å². The highest BCUT2D eigenvalue weighted by Crippen LogP contribution is 2.27. The topological polar surface area (TPSA) is 75.6 Å². The van der Waals surface area contributed by atoms with Crippen LogP contribution in [0.25, 0.3) is 0 Å². The van der Waals surface area contributed by atoms with Crippen LogP contribution in [0.2, 0.25) is 5.02 Å². The van der Waals surface area contributed by atoms with Crippen molar-refractivity contribution < 1.29 is 19.4 Å². The number of nitrogens with one attached hydrogen (secondary N) is 1. The molecule has 0 aromatic heterocycles. The number of carbonyl (C=O) groups excluding carboxylic acids is 1. The number of hydrogen-bond acceptors (Lipinski definition) is 3. The molecular formula is C14H17BrClNO4. The quantitative estimate of drug-likeness (QED) is 0.764. The van der Waals surface area contributed by atoms with E-state index in [0.717, 1.165) is 4.47 Å². The lowest BCUT2D eigenvalue weighted by Crippen LogP contribution is -2.53. The van der Waals surface area contributed by atoms with Gasteiger partial charge in [0.25, 0.3) is 5.91 Å². The lowest BCUT2D eigenvalue weighted by atomic mass is 9.96. The largest absolute Gasteiger partial charge is 0.482 e. The first kappa shape index (κ1) is 17.8. The van der Waals surface area contributed by atoms with Crippen LogP contribution in [0.1, 0.15) is 26.7 Å². The molecule has 2 N–H and O–H groups in total. The van der Waals surface area contributed by atoms with Gasteiger partial charge in [-0.3, -0.25) is 4.79 Å². The molecule has 0 radical (unpaired) electrons. The Bertz CT molecular complexity index is 538. The summed E-state index contributed by atoms with van der Waals surface area (Å²) in [5.74, 6) is -1.21. The summed E-state index contributed by atoms with van der Waals surface area (Å²) < 4.78 is 6.10. The molecule has 116 valence electrons. The van der Waals surface area contributed by atoms with E-state index in [1.807, 2.05) is 6.92 Å². The van der Waals surface area contributed by atoms with Gasteiger partial charge in [-0.25, -0.2) is 4.79 Å². The van der Waals surface area contributed by atoms with Crippen molar-refractivity contribution in [2.24, 2.45) is 0 Å². The number of carboxylic acids is 1. The van der Waals surface area contributed by atoms with E-state index < -0.39 is 17.4 Å². The third-order valence-electron chi connectivity index (χ3n) is 2.89. The lowest BCUT2D eigenvalue weighted by Gasteiger charge is -2.25. The molecule has 5 nitrogen and oxygen atoms in total. The SMILES string of the molecule is CCCC(C)(NC(=O)COc1ccc(Br)cc1Cl)C(=O)O. The molecule has 0 saturated heterocycles. The van der Waals surface area contributed by atoms with Crippen molar-refractivity contribution >= 4 is 39.4 Å². The number of carboxylic acid groups (broad SMARTS) is 1. The van der Waals surface area contributed by atoms with Crippen LogP contribution in [0, 0.1) is 0 Å². The van der Waals surface area contributed by atoms with Crippen LogP contribution >= 0.6 is 27.5 Å². The van der Waals surface area contributed by atoms with Gasteiger partial charge in [0.15, 0.2) is 6.61 Å². The molecule has 0 aliphatic heterocycles. The Hall–Kier alpha value is -1.27. The zero-order chi connectivity index (χ0) is 16.0. The minimum absolute atomic E-state index is 0.298. The molecular weight excluding hydrogens is 362 g/mol. The summed E-state index contributed by atoms with van der Waals surface area (Å²) in [6.45, 7) is 3.03. The van der Waals surface area contributed by atoms with Gasteiger partial charge in [-0.1, -0.05) is 40.9 Å². The number of halogens is 2. The molecule has 0 spiro atoms. The molecule has 0 fully saturated rings. The minimum Gasteiger partial charge on any atom is -0.482 e. The second-order valence-corrected chi connectivity index (χ2v) is 6.12. The van der Waals surface area contributed by atoms with Crippen LogP contribution in [0.3, 0.4) is 0 Å². The van der Waals surface area contributed by atoms with Crippen molar-refractivity contribution in [3.8, 4) is 5.75 Å². The number of amides is 1. The summed E-state index contributed by atoms with van der Waals surface area (Å²) in [5.41, 5.74) is -1.29. The fraction of sp³-hybridized carbons (Fsp3) is 0.429. The molecule has 1 amide bonds. The van der Waals surface area contributed by atoms with Crippen molar-refractivity contribution in [2.75, 3.05) is 6.61 Å². The molecule has 21 heavy (non-hydrogen) atoms. The van der Waals surface area contributed by atoms with Gasteiger partial charge in [-0.15, -0.1) is 0 Å². The maximum atomic E-state index is 11.8. The van der Waals surface area contributed by atoms with E-state index in [-0.39, 0.29) is 6.61 Å². The normalized spacial score (nSPS) is 13.3. The molecule has 0 bridgehead atoms. The zero-order valence-electron chi connectivity index (χ0n) is 11.8. The van der Waals surface area contributed by atoms with Gasteiger partial charge in [0.2, 0.25) is 0 Å². The third kappa shape index (κ3) is 5.21. The van der Waals surface area contributed by atoms with Gasteiger partial charge in [0.05, 0.1) is 5.02 Å². The Labute approximate surface area is 136 Å². The van der Waals surface area contributed by atoms with Crippen molar-refractivity contribution in [1.29, 1.82) is 0 Å². The van der Waals surface area contributed by atoms with Gasteiger partial charge in [0, 0.05) is 4.47 Å². The van der Waals surface area contributed by atoms with Crippen LogP contribution in [0.4, 0.5) is 0 Å². The van der Waals surface area contributed by atoms with Crippen LogP contribution in [0.5, 0.6) is 5.75 Å². The molecule has 0 saturated carbocycles. The Balaban J connectivity index is 2.63. The average molecular weight is 379 g/mol. The molecule has 1 rings (SSSR count). The standard InChI is InChI=1S/C14H17BrClNO4/c1-3-6-14(2,13(19)20)17-12(18)8-21-11-5-4-9(15)7-10(11)16/h4-5,7H,3,6,8H2,1-2H3,(H,17,18)(H,19,20). The second-order valence-electron chi connectivity index (χ2n) is 4.80. The Morgan fingerprint density at radius 3 is 2.67 bits per heavy atom. The predicted molar refractivity (Wildman–Crippen MR) is 83.7 cm³/mol. The highest BCUT2D eigenvalue weighted by atomic mass is 79.9. The molecule has 7 heteroatoms. The Kier molecular flexibility index (Phi) is 6.48. The zero-order valence-corrected chi connectivity index (χ0v) is 14.1. The molecule has 0 aliphatic rings. The molecule has 0 heterocycles. The monoisotopic (exact) mass is 377 g/mol. The number of ether oxygens (including phenoxy) is 1. The van der Waals surface area contributed by atoms with E-state index in [1.165, 1.54) is 6.92 Å². The van der Waals surface area contributed by atoms with Crippen LogP contribution < -0.4 is 10.1 Å². The maximum Gasteiger partial charge on any atom is 0.329 e. The van der Waals surface area contributed by atoms with Crippen LogP contribution in [-0.2, 0) is 9.59 Å². The van der Waals surface area contributed by atoms with E-state index >= 15 is 0 Å². The summed E-state index contributed by atoms with van der Waals surface area (Å²) >= 11 is 9.23. The van der Waals surface area contributed by atoms with E-state index in [0.29, 0.717) is 23.6 Å². The van der Waals surface area contributed by atoms with Gasteiger partial charge >= 0.3 is 5.97 Å². The predicted octanol–water partition coefficient (Wildman–Crippen LogP) is 3.24. The first-order valence-corrected chi connectivity index (χ1v) is 7.58. The van der Waals surface area contributed by atoms with Crippen molar-refractivity contribution in [3.63, 3.8) is 0 Å². The van der Waals surface area contributed by atoms with Crippen molar-refractivity contribution in [1.82, 2.24) is 5.32 Å². The summed E-state index contributed by atoms with van der Waals surface area (Å²) in [6.07, 6.45) is 0.982. The van der Waals surface area contributed by atoms with E-state index in [4.69, 9.17) is 16.3 Å².